The minimum absolute atomic E-state index is 0.775. The van der Waals surface area contributed by atoms with E-state index in [0.717, 1.165) is 6.04 Å². The highest BCUT2D eigenvalue weighted by molar-refractivity contribution is 4.66. The van der Waals surface area contributed by atoms with E-state index in [1.165, 1.54) is 37.2 Å². The highest BCUT2D eigenvalue weighted by atomic mass is 15.5. The lowest BCUT2D eigenvalue weighted by Crippen LogP contribution is -2.44. The summed E-state index contributed by atoms with van der Waals surface area (Å²) >= 11 is 0. The van der Waals surface area contributed by atoms with Gasteiger partial charge in [0.2, 0.25) is 0 Å². The van der Waals surface area contributed by atoms with Crippen molar-refractivity contribution in [3.63, 3.8) is 0 Å². The summed E-state index contributed by atoms with van der Waals surface area (Å²) in [5.74, 6) is 0. The molecule has 1 aliphatic rings. The summed E-state index contributed by atoms with van der Waals surface area (Å²) in [4.78, 5) is 2.61. The second-order valence-electron chi connectivity index (χ2n) is 4.37. The van der Waals surface area contributed by atoms with Crippen LogP contribution in [0, 0.1) is 0 Å². The number of nitrogens with zero attached hydrogens (tertiary/aromatic N) is 2. The predicted molar refractivity (Wildman–Crippen MR) is 52.9 cm³/mol. The lowest BCUT2D eigenvalue weighted by molar-refractivity contribution is -0.900. The Morgan fingerprint density at radius 1 is 1.42 bits per heavy atom. The summed E-state index contributed by atoms with van der Waals surface area (Å²) in [6.07, 6.45) is 1.28. The number of hydrogen-bond donors (Lipinski definition) is 0. The van der Waals surface area contributed by atoms with Crippen molar-refractivity contribution in [2.24, 2.45) is 0 Å². The molecule has 72 valence electrons. The van der Waals surface area contributed by atoms with Crippen molar-refractivity contribution in [3.05, 3.63) is 0 Å². The lowest BCUT2D eigenvalue weighted by atomic mass is 10.2. The predicted octanol–water partition coefficient (Wildman–Crippen LogP) is 1.52. The molecule has 1 fully saturated rings. The Morgan fingerprint density at radius 2 is 2.08 bits per heavy atom. The fourth-order valence-corrected chi connectivity index (χ4v) is 1.83. The molecule has 0 aliphatic carbocycles. The number of rotatable bonds is 3. The Morgan fingerprint density at radius 3 is 2.50 bits per heavy atom. The van der Waals surface area contributed by atoms with Gasteiger partial charge in [-0.1, -0.05) is 6.92 Å². The van der Waals surface area contributed by atoms with Crippen molar-refractivity contribution >= 4 is 0 Å². The lowest BCUT2D eigenvalue weighted by Gasteiger charge is -2.29. The van der Waals surface area contributed by atoms with Crippen LogP contribution >= 0.6 is 0 Å². The molecular formula is C10H23N2+. The van der Waals surface area contributed by atoms with Crippen molar-refractivity contribution < 1.29 is 4.48 Å². The second-order valence-corrected chi connectivity index (χ2v) is 4.37. The van der Waals surface area contributed by atoms with Gasteiger partial charge in [-0.3, -0.25) is 0 Å². The highest BCUT2D eigenvalue weighted by Crippen LogP contribution is 2.16. The van der Waals surface area contributed by atoms with Gasteiger partial charge in [0.25, 0.3) is 0 Å². The molecule has 0 aromatic carbocycles. The summed E-state index contributed by atoms with van der Waals surface area (Å²) in [6.45, 7) is 12.1. The van der Waals surface area contributed by atoms with Gasteiger partial charge in [-0.05, 0) is 20.3 Å². The number of hydrogen-bond acceptors (Lipinski definition) is 1. The Hall–Kier alpha value is -0.0800. The van der Waals surface area contributed by atoms with Crippen LogP contribution in [0.25, 0.3) is 0 Å². The van der Waals surface area contributed by atoms with Crippen LogP contribution in [0.2, 0.25) is 0 Å². The minimum Gasteiger partial charge on any atom is -0.313 e. The summed E-state index contributed by atoms with van der Waals surface area (Å²) in [5.41, 5.74) is 0. The molecule has 2 atom stereocenters. The van der Waals surface area contributed by atoms with Crippen LogP contribution in [0.4, 0.5) is 0 Å². The average molecular weight is 171 g/mol. The van der Waals surface area contributed by atoms with Gasteiger partial charge in [0.15, 0.2) is 0 Å². The summed E-state index contributed by atoms with van der Waals surface area (Å²) in [7, 11) is 2.36. The van der Waals surface area contributed by atoms with Crippen LogP contribution in [-0.2, 0) is 0 Å². The van der Waals surface area contributed by atoms with E-state index in [1.807, 2.05) is 0 Å². The maximum atomic E-state index is 2.61. The largest absolute Gasteiger partial charge is 0.313 e. The fraction of sp³-hybridized carbons (Fsp3) is 1.00. The van der Waals surface area contributed by atoms with Crippen LogP contribution < -0.4 is 0 Å². The average Bonchev–Trinajstić information content (AvgIpc) is 2.48. The molecule has 0 spiro atoms. The zero-order chi connectivity index (χ0) is 9.19. The summed E-state index contributed by atoms with van der Waals surface area (Å²) in [5, 5.41) is 0. The van der Waals surface area contributed by atoms with Gasteiger partial charge in [0, 0.05) is 6.04 Å². The Balaban J connectivity index is 2.45. The summed E-state index contributed by atoms with van der Waals surface area (Å²) in [6, 6.07) is 0.775. The van der Waals surface area contributed by atoms with Crippen molar-refractivity contribution in [2.75, 3.05) is 33.4 Å². The quantitative estimate of drug-likeness (QED) is 0.582. The third-order valence-electron chi connectivity index (χ3n) is 3.43. The van der Waals surface area contributed by atoms with Crippen LogP contribution in [0.3, 0.4) is 0 Å². The molecule has 1 rings (SSSR count). The minimum atomic E-state index is 0.775. The topological polar surface area (TPSA) is 3.24 Å². The van der Waals surface area contributed by atoms with Gasteiger partial charge in [-0.15, -0.1) is 0 Å². The van der Waals surface area contributed by atoms with E-state index >= 15 is 0 Å². The van der Waals surface area contributed by atoms with Crippen LogP contribution in [0.5, 0.6) is 0 Å². The van der Waals surface area contributed by atoms with E-state index in [-0.39, 0.29) is 0 Å². The van der Waals surface area contributed by atoms with Crippen LogP contribution in [0.1, 0.15) is 27.2 Å². The zero-order valence-corrected chi connectivity index (χ0v) is 9.01. The molecule has 0 amide bonds. The van der Waals surface area contributed by atoms with E-state index in [4.69, 9.17) is 0 Å². The third-order valence-corrected chi connectivity index (χ3v) is 3.43. The molecule has 12 heavy (non-hydrogen) atoms. The van der Waals surface area contributed by atoms with Gasteiger partial charge in [0.1, 0.15) is 6.67 Å². The number of likely N-dealkylation sites (N-methyl/N-ethyl adjacent to an activating group) is 1. The van der Waals surface area contributed by atoms with Gasteiger partial charge in [-0.25, -0.2) is 4.90 Å². The molecule has 0 radical (unpaired) electrons. The molecule has 0 saturated carbocycles. The van der Waals surface area contributed by atoms with E-state index < -0.39 is 0 Å². The van der Waals surface area contributed by atoms with Gasteiger partial charge >= 0.3 is 0 Å². The van der Waals surface area contributed by atoms with E-state index in [2.05, 4.69) is 32.7 Å². The summed E-state index contributed by atoms with van der Waals surface area (Å²) < 4.78 is 1.24. The molecule has 1 heterocycles. The molecule has 0 bridgehead atoms. The fourth-order valence-electron chi connectivity index (χ4n) is 1.83. The molecule has 1 saturated heterocycles. The molecule has 1 aliphatic heterocycles. The van der Waals surface area contributed by atoms with Gasteiger partial charge < -0.3 is 4.48 Å². The van der Waals surface area contributed by atoms with Crippen molar-refractivity contribution in [3.8, 4) is 0 Å². The van der Waals surface area contributed by atoms with E-state index in [1.54, 1.807) is 0 Å². The molecule has 2 nitrogen and oxygen atoms in total. The Labute approximate surface area is 76.7 Å². The second kappa shape index (κ2) is 3.75. The first-order chi connectivity index (χ1) is 5.61. The van der Waals surface area contributed by atoms with E-state index in [9.17, 15) is 0 Å². The van der Waals surface area contributed by atoms with Crippen molar-refractivity contribution in [1.82, 2.24) is 4.90 Å². The molecule has 2 heteroatoms. The van der Waals surface area contributed by atoms with Crippen LogP contribution in [-0.4, -0.2) is 48.8 Å². The first-order valence-electron chi connectivity index (χ1n) is 5.19. The maximum Gasteiger partial charge on any atom is 0.135 e. The normalized spacial score (nSPS) is 34.0. The maximum absolute atomic E-state index is 2.61. The van der Waals surface area contributed by atoms with Gasteiger partial charge in [-0.2, -0.15) is 0 Å². The SMILES string of the molecule is CCC(C)N1CC[N@@+](C)(CC)C1. The molecule has 0 aromatic rings. The first kappa shape index (κ1) is 10.0. The molecular weight excluding hydrogens is 148 g/mol. The molecule has 0 aromatic heterocycles. The smallest absolute Gasteiger partial charge is 0.135 e. The number of quaternary nitrogens is 1. The molecule has 0 N–H and O–H groups in total. The third kappa shape index (κ3) is 1.99. The van der Waals surface area contributed by atoms with Crippen molar-refractivity contribution in [2.45, 2.75) is 33.2 Å². The first-order valence-corrected chi connectivity index (χ1v) is 5.19. The standard InChI is InChI=1S/C10H23N2/c1-5-10(3)11-7-8-12(4,6-2)9-11/h10H,5-9H2,1-4H3/q+1/t10?,12-/m1/s1. The zero-order valence-electron chi connectivity index (χ0n) is 9.01. The Kier molecular flexibility index (Phi) is 3.13. The van der Waals surface area contributed by atoms with E-state index in [0.29, 0.717) is 0 Å². The van der Waals surface area contributed by atoms with Crippen molar-refractivity contribution in [1.29, 1.82) is 0 Å². The highest BCUT2D eigenvalue weighted by Gasteiger charge is 2.32. The monoisotopic (exact) mass is 171 g/mol. The van der Waals surface area contributed by atoms with Crippen LogP contribution in [0.15, 0.2) is 0 Å². The Bertz CT molecular complexity index is 147. The molecule has 1 unspecified atom stereocenters. The van der Waals surface area contributed by atoms with Gasteiger partial charge in [0.05, 0.1) is 26.7 Å².